The van der Waals surface area contributed by atoms with Crippen molar-refractivity contribution in [1.29, 1.82) is 0 Å². The number of aryl methyl sites for hydroxylation is 1. The first kappa shape index (κ1) is 22.3. The van der Waals surface area contributed by atoms with Crippen molar-refractivity contribution < 1.29 is 23.9 Å². The molecule has 7 nitrogen and oxygen atoms in total. The zero-order chi connectivity index (χ0) is 24.0. The SMILES string of the molecule is Cc1ccc(NC(=O)C(OC(=O)CN2C(=O)C3C4C=CC(C4)C3C2=O)c2ccccc2)cc1Cl. The van der Waals surface area contributed by atoms with Crippen LogP contribution in [0.25, 0.3) is 0 Å². The predicted octanol–water partition coefficient (Wildman–Crippen LogP) is 3.68. The normalized spacial score (nSPS) is 25.4. The summed E-state index contributed by atoms with van der Waals surface area (Å²) in [5.41, 5.74) is 1.78. The highest BCUT2D eigenvalue weighted by Gasteiger charge is 2.59. The number of nitrogens with zero attached hydrogens (tertiary/aromatic N) is 1. The number of imide groups is 1. The highest BCUT2D eigenvalue weighted by molar-refractivity contribution is 6.31. The fourth-order valence-corrected chi connectivity index (χ4v) is 5.38. The number of hydrogen-bond acceptors (Lipinski definition) is 5. The summed E-state index contributed by atoms with van der Waals surface area (Å²) >= 11 is 6.16. The van der Waals surface area contributed by atoms with Gasteiger partial charge in [-0.15, -0.1) is 0 Å². The van der Waals surface area contributed by atoms with Crippen LogP contribution in [0, 0.1) is 30.6 Å². The molecule has 0 radical (unpaired) electrons. The van der Waals surface area contributed by atoms with Gasteiger partial charge in [0.1, 0.15) is 6.54 Å². The molecule has 1 saturated heterocycles. The molecule has 174 valence electrons. The third-order valence-corrected chi connectivity index (χ3v) is 7.29. The fourth-order valence-electron chi connectivity index (χ4n) is 5.20. The fraction of sp³-hybridized carbons (Fsp3) is 0.308. The number of halogens is 1. The average molecular weight is 479 g/mol. The molecule has 0 spiro atoms. The van der Waals surface area contributed by atoms with Crippen molar-refractivity contribution in [2.24, 2.45) is 23.7 Å². The molecule has 5 atom stereocenters. The molecule has 1 saturated carbocycles. The number of nitrogens with one attached hydrogen (secondary N) is 1. The Morgan fingerprint density at radius 2 is 1.71 bits per heavy atom. The van der Waals surface area contributed by atoms with Crippen molar-refractivity contribution in [2.75, 3.05) is 11.9 Å². The standard InChI is InChI=1S/C26H23ClN2O5/c1-14-7-10-18(12-19(14)27)28-24(31)23(15-5-3-2-4-6-15)34-20(30)13-29-25(32)21-16-8-9-17(11-16)22(21)26(29)33/h2-10,12,16-17,21-23H,11,13H2,1H3,(H,28,31). The zero-order valence-corrected chi connectivity index (χ0v) is 19.2. The number of rotatable bonds is 6. The summed E-state index contributed by atoms with van der Waals surface area (Å²) in [7, 11) is 0. The molecule has 2 aliphatic carbocycles. The van der Waals surface area contributed by atoms with Crippen molar-refractivity contribution in [2.45, 2.75) is 19.4 Å². The van der Waals surface area contributed by atoms with Crippen molar-refractivity contribution in [1.82, 2.24) is 4.90 Å². The number of carbonyl (C=O) groups excluding carboxylic acids is 4. The maximum absolute atomic E-state index is 13.1. The molecule has 3 amide bonds. The first-order chi connectivity index (χ1) is 16.3. The van der Waals surface area contributed by atoms with Gasteiger partial charge < -0.3 is 10.1 Å². The van der Waals surface area contributed by atoms with Crippen LogP contribution in [0.1, 0.15) is 23.7 Å². The van der Waals surface area contributed by atoms with Crippen molar-refractivity contribution in [3.05, 3.63) is 76.8 Å². The Hall–Kier alpha value is -3.45. The number of likely N-dealkylation sites (tertiary alicyclic amines) is 1. The Balaban J connectivity index is 1.31. The van der Waals surface area contributed by atoms with E-state index in [1.165, 1.54) is 0 Å². The number of anilines is 1. The van der Waals surface area contributed by atoms with Crippen LogP contribution in [0.4, 0.5) is 5.69 Å². The molecule has 5 rings (SSSR count). The van der Waals surface area contributed by atoms with Gasteiger partial charge in [-0.25, -0.2) is 0 Å². The molecule has 1 heterocycles. The van der Waals surface area contributed by atoms with Crippen LogP contribution in [-0.2, 0) is 23.9 Å². The second-order valence-corrected chi connectivity index (χ2v) is 9.40. The molecular formula is C26H23ClN2O5. The monoisotopic (exact) mass is 478 g/mol. The molecule has 2 aromatic carbocycles. The highest BCUT2D eigenvalue weighted by atomic mass is 35.5. The van der Waals surface area contributed by atoms with Crippen LogP contribution < -0.4 is 5.32 Å². The lowest BCUT2D eigenvalue weighted by Gasteiger charge is -2.21. The van der Waals surface area contributed by atoms with Gasteiger partial charge in [0.25, 0.3) is 5.91 Å². The third-order valence-electron chi connectivity index (χ3n) is 6.88. The first-order valence-electron chi connectivity index (χ1n) is 11.2. The minimum absolute atomic E-state index is 0.0525. The van der Waals surface area contributed by atoms with E-state index < -0.39 is 36.4 Å². The minimum Gasteiger partial charge on any atom is -0.446 e. The lowest BCUT2D eigenvalue weighted by atomic mass is 9.85. The van der Waals surface area contributed by atoms with E-state index in [0.29, 0.717) is 16.3 Å². The van der Waals surface area contributed by atoms with Gasteiger partial charge in [0.05, 0.1) is 11.8 Å². The summed E-state index contributed by atoms with van der Waals surface area (Å²) in [4.78, 5) is 52.7. The van der Waals surface area contributed by atoms with E-state index in [1.807, 2.05) is 19.1 Å². The van der Waals surface area contributed by atoms with Crippen LogP contribution >= 0.6 is 11.6 Å². The van der Waals surface area contributed by atoms with E-state index in [2.05, 4.69) is 5.32 Å². The average Bonchev–Trinajstić information content (AvgIpc) is 3.51. The van der Waals surface area contributed by atoms with Crippen molar-refractivity contribution >= 4 is 41.0 Å². The van der Waals surface area contributed by atoms with Gasteiger partial charge in [0, 0.05) is 16.3 Å². The highest BCUT2D eigenvalue weighted by Crippen LogP contribution is 2.52. The quantitative estimate of drug-likeness (QED) is 0.388. The van der Waals surface area contributed by atoms with Gasteiger partial charge in [0.15, 0.2) is 0 Å². The van der Waals surface area contributed by atoms with E-state index in [-0.39, 0.29) is 23.7 Å². The molecule has 1 N–H and O–H groups in total. The summed E-state index contributed by atoms with van der Waals surface area (Å²) in [6, 6.07) is 13.6. The maximum atomic E-state index is 13.1. The number of esters is 1. The van der Waals surface area contributed by atoms with Gasteiger partial charge >= 0.3 is 5.97 Å². The number of allylic oxidation sites excluding steroid dienone is 2. The van der Waals surface area contributed by atoms with Gasteiger partial charge in [-0.2, -0.15) is 0 Å². The van der Waals surface area contributed by atoms with E-state index in [0.717, 1.165) is 16.9 Å². The van der Waals surface area contributed by atoms with E-state index in [4.69, 9.17) is 16.3 Å². The third kappa shape index (κ3) is 3.90. The molecule has 1 aliphatic heterocycles. The summed E-state index contributed by atoms with van der Waals surface area (Å²) < 4.78 is 5.53. The van der Waals surface area contributed by atoms with Crippen LogP contribution in [-0.4, -0.2) is 35.1 Å². The number of fused-ring (bicyclic) bond motifs is 5. The molecule has 34 heavy (non-hydrogen) atoms. The number of benzene rings is 2. The summed E-state index contributed by atoms with van der Waals surface area (Å²) in [5, 5.41) is 3.21. The second kappa shape index (κ2) is 8.72. The largest absolute Gasteiger partial charge is 0.446 e. The lowest BCUT2D eigenvalue weighted by molar-refractivity contribution is -0.159. The molecule has 2 bridgehead atoms. The molecule has 2 fully saturated rings. The molecule has 3 aliphatic rings. The molecule has 2 aromatic rings. The number of carbonyl (C=O) groups is 4. The first-order valence-corrected chi connectivity index (χ1v) is 11.6. The second-order valence-electron chi connectivity index (χ2n) is 9.00. The summed E-state index contributed by atoms with van der Waals surface area (Å²) in [5.74, 6) is -2.75. The van der Waals surface area contributed by atoms with Crippen LogP contribution in [0.2, 0.25) is 5.02 Å². The summed E-state index contributed by atoms with van der Waals surface area (Å²) in [6.07, 6.45) is 3.53. The Labute approximate surface area is 201 Å². The van der Waals surface area contributed by atoms with Gasteiger partial charge in [-0.3, -0.25) is 24.1 Å². The Morgan fingerprint density at radius 3 is 2.32 bits per heavy atom. The molecule has 0 aromatic heterocycles. The lowest BCUT2D eigenvalue weighted by Crippen LogP contribution is -2.39. The van der Waals surface area contributed by atoms with E-state index >= 15 is 0 Å². The minimum atomic E-state index is -1.26. The van der Waals surface area contributed by atoms with Crippen molar-refractivity contribution in [3.63, 3.8) is 0 Å². The van der Waals surface area contributed by atoms with Gasteiger partial charge in [-0.1, -0.05) is 60.2 Å². The van der Waals surface area contributed by atoms with Crippen LogP contribution in [0.3, 0.4) is 0 Å². The predicted molar refractivity (Wildman–Crippen MR) is 125 cm³/mol. The molecule has 5 unspecified atom stereocenters. The molecular weight excluding hydrogens is 456 g/mol. The van der Waals surface area contributed by atoms with Crippen LogP contribution in [0.15, 0.2) is 60.7 Å². The zero-order valence-electron chi connectivity index (χ0n) is 18.4. The van der Waals surface area contributed by atoms with E-state index in [9.17, 15) is 19.2 Å². The van der Waals surface area contributed by atoms with Crippen LogP contribution in [0.5, 0.6) is 0 Å². The van der Waals surface area contributed by atoms with Crippen molar-refractivity contribution in [3.8, 4) is 0 Å². The Bertz CT molecular complexity index is 1180. The van der Waals surface area contributed by atoms with E-state index in [1.54, 1.807) is 48.5 Å². The number of amides is 3. The topological polar surface area (TPSA) is 92.8 Å². The number of ether oxygens (including phenoxy) is 1. The van der Waals surface area contributed by atoms with Gasteiger partial charge in [-0.05, 0) is 42.9 Å². The maximum Gasteiger partial charge on any atom is 0.327 e. The summed E-state index contributed by atoms with van der Waals surface area (Å²) in [6.45, 7) is 1.33. The molecule has 8 heteroatoms. The smallest absolute Gasteiger partial charge is 0.327 e. The Morgan fingerprint density at radius 1 is 1.06 bits per heavy atom. The Kier molecular flexibility index (Phi) is 5.73. The number of hydrogen-bond donors (Lipinski definition) is 1. The van der Waals surface area contributed by atoms with Gasteiger partial charge in [0.2, 0.25) is 17.9 Å².